The largest absolute Gasteiger partial charge is 0.366 e. The molecule has 21 heavy (non-hydrogen) atoms. The van der Waals surface area contributed by atoms with Gasteiger partial charge in [0, 0.05) is 45.9 Å². The van der Waals surface area contributed by atoms with Crippen molar-refractivity contribution in [3.05, 3.63) is 0 Å². The third kappa shape index (κ3) is 8.77. The maximum absolute atomic E-state index is 5.33. The van der Waals surface area contributed by atoms with Gasteiger partial charge in [0.05, 0.1) is 6.73 Å². The Balaban J connectivity index is 0.000000211. The third-order valence-corrected chi connectivity index (χ3v) is 4.49. The number of likely N-dealkylation sites (N-methyl/N-ethyl adjacent to an activating group) is 1. The molecule has 0 radical (unpaired) electrons. The smallest absolute Gasteiger partial charge is 0.0990 e. The zero-order valence-electron chi connectivity index (χ0n) is 14.8. The lowest BCUT2D eigenvalue weighted by atomic mass is 10.00. The van der Waals surface area contributed by atoms with Crippen LogP contribution in [0.15, 0.2) is 0 Å². The number of hydrogen-bond acceptors (Lipinski definition) is 4. The quantitative estimate of drug-likeness (QED) is 0.775. The summed E-state index contributed by atoms with van der Waals surface area (Å²) in [6.45, 7) is 17.1. The van der Waals surface area contributed by atoms with E-state index in [1.165, 1.54) is 65.1 Å². The van der Waals surface area contributed by atoms with Gasteiger partial charge in [-0.25, -0.2) is 0 Å². The highest BCUT2D eigenvalue weighted by Crippen LogP contribution is 2.15. The third-order valence-electron chi connectivity index (χ3n) is 4.49. The zero-order valence-corrected chi connectivity index (χ0v) is 14.8. The fourth-order valence-corrected chi connectivity index (χ4v) is 2.80. The molecule has 0 aromatic rings. The number of ether oxygens (including phenoxy) is 1. The molecule has 4 nitrogen and oxygen atoms in total. The highest BCUT2D eigenvalue weighted by atomic mass is 16.5. The maximum atomic E-state index is 5.33. The number of piperidine rings is 1. The molecule has 0 N–H and O–H groups in total. The Hall–Kier alpha value is -0.160. The van der Waals surface area contributed by atoms with Crippen molar-refractivity contribution < 1.29 is 4.74 Å². The van der Waals surface area contributed by atoms with Crippen molar-refractivity contribution in [2.24, 2.45) is 5.92 Å². The fourth-order valence-electron chi connectivity index (χ4n) is 2.80. The van der Waals surface area contributed by atoms with E-state index >= 15 is 0 Å². The van der Waals surface area contributed by atoms with Gasteiger partial charge in [0.1, 0.15) is 0 Å². The Kier molecular flexibility index (Phi) is 10.3. The molecule has 0 atom stereocenters. The van der Waals surface area contributed by atoms with Crippen LogP contribution < -0.4 is 0 Å². The molecular formula is C17H37N3O. The second kappa shape index (κ2) is 11.4. The Morgan fingerprint density at radius 3 is 2.05 bits per heavy atom. The minimum absolute atomic E-state index is 0.837. The van der Waals surface area contributed by atoms with E-state index in [1.54, 1.807) is 0 Å². The van der Waals surface area contributed by atoms with Crippen LogP contribution in [-0.4, -0.2) is 80.9 Å². The van der Waals surface area contributed by atoms with Crippen LogP contribution in [0.25, 0.3) is 0 Å². The van der Waals surface area contributed by atoms with Gasteiger partial charge in [0.15, 0.2) is 0 Å². The van der Waals surface area contributed by atoms with Crippen molar-refractivity contribution in [3.63, 3.8) is 0 Å². The first-order valence-electron chi connectivity index (χ1n) is 8.86. The van der Waals surface area contributed by atoms with E-state index in [0.29, 0.717) is 0 Å². The molecule has 2 aliphatic heterocycles. The van der Waals surface area contributed by atoms with E-state index < -0.39 is 0 Å². The van der Waals surface area contributed by atoms with Crippen LogP contribution in [0.3, 0.4) is 0 Å². The summed E-state index contributed by atoms with van der Waals surface area (Å²) in [7, 11) is 2.20. The number of likely N-dealkylation sites (tertiary alicyclic amines) is 1. The monoisotopic (exact) mass is 299 g/mol. The van der Waals surface area contributed by atoms with E-state index in [9.17, 15) is 0 Å². The van der Waals surface area contributed by atoms with Crippen LogP contribution in [0, 0.1) is 5.92 Å². The molecule has 0 unspecified atom stereocenters. The van der Waals surface area contributed by atoms with E-state index in [1.807, 2.05) is 6.92 Å². The van der Waals surface area contributed by atoms with Gasteiger partial charge in [-0.1, -0.05) is 13.8 Å². The molecule has 2 heterocycles. The SMILES string of the molecule is CCCN1CCN(C)CC1.CCOCN1CCC(C)CC1. The van der Waals surface area contributed by atoms with Crippen molar-refractivity contribution in [1.29, 1.82) is 0 Å². The van der Waals surface area contributed by atoms with E-state index in [4.69, 9.17) is 4.74 Å². The molecule has 2 aliphatic rings. The van der Waals surface area contributed by atoms with Crippen molar-refractivity contribution in [2.45, 2.75) is 40.0 Å². The number of rotatable bonds is 5. The molecule has 0 spiro atoms. The Bertz CT molecular complexity index is 231. The lowest BCUT2D eigenvalue weighted by Crippen LogP contribution is -2.44. The van der Waals surface area contributed by atoms with Crippen molar-refractivity contribution in [2.75, 3.05) is 66.2 Å². The molecule has 126 valence electrons. The first-order valence-corrected chi connectivity index (χ1v) is 8.86. The summed E-state index contributed by atoms with van der Waals surface area (Å²) >= 11 is 0. The molecule has 4 heteroatoms. The Morgan fingerprint density at radius 2 is 1.52 bits per heavy atom. The molecule has 0 amide bonds. The summed E-state index contributed by atoms with van der Waals surface area (Å²) in [5, 5.41) is 0. The minimum atomic E-state index is 0.837. The van der Waals surface area contributed by atoms with Crippen molar-refractivity contribution in [3.8, 4) is 0 Å². The molecule has 0 aliphatic carbocycles. The lowest BCUT2D eigenvalue weighted by molar-refractivity contribution is 0.0182. The van der Waals surface area contributed by atoms with E-state index in [-0.39, 0.29) is 0 Å². The number of nitrogens with zero attached hydrogens (tertiary/aromatic N) is 3. The van der Waals surface area contributed by atoms with Gasteiger partial charge in [-0.2, -0.15) is 0 Å². The predicted molar refractivity (Wildman–Crippen MR) is 90.7 cm³/mol. The molecule has 2 fully saturated rings. The van der Waals surface area contributed by atoms with Gasteiger partial charge in [-0.3, -0.25) is 4.90 Å². The summed E-state index contributed by atoms with van der Waals surface area (Å²) < 4.78 is 5.33. The number of hydrogen-bond donors (Lipinski definition) is 0. The molecule has 0 saturated carbocycles. The highest BCUT2D eigenvalue weighted by Gasteiger charge is 2.14. The molecule has 0 bridgehead atoms. The first-order chi connectivity index (χ1) is 10.2. The van der Waals surface area contributed by atoms with Crippen LogP contribution in [0.5, 0.6) is 0 Å². The minimum Gasteiger partial charge on any atom is -0.366 e. The van der Waals surface area contributed by atoms with Gasteiger partial charge >= 0.3 is 0 Å². The summed E-state index contributed by atoms with van der Waals surface area (Å²) in [4.78, 5) is 7.33. The molecule has 0 aromatic heterocycles. The summed E-state index contributed by atoms with van der Waals surface area (Å²) in [6, 6.07) is 0. The standard InChI is InChI=1S/C9H19NO.C8H18N2/c1-3-11-8-10-6-4-9(2)5-7-10;1-3-4-10-7-5-9(2)6-8-10/h9H,3-8H2,1-2H3;3-8H2,1-2H3. The maximum Gasteiger partial charge on any atom is 0.0990 e. The Morgan fingerprint density at radius 1 is 0.905 bits per heavy atom. The van der Waals surface area contributed by atoms with Crippen LogP contribution in [-0.2, 0) is 4.74 Å². The van der Waals surface area contributed by atoms with Crippen LogP contribution in [0.4, 0.5) is 0 Å². The first kappa shape index (κ1) is 18.9. The van der Waals surface area contributed by atoms with Gasteiger partial charge in [0.2, 0.25) is 0 Å². The van der Waals surface area contributed by atoms with Gasteiger partial charge in [0.25, 0.3) is 0 Å². The normalized spacial score (nSPS) is 22.9. The average molecular weight is 300 g/mol. The molecule has 2 saturated heterocycles. The van der Waals surface area contributed by atoms with Crippen molar-refractivity contribution >= 4 is 0 Å². The van der Waals surface area contributed by atoms with E-state index in [0.717, 1.165) is 19.3 Å². The van der Waals surface area contributed by atoms with Gasteiger partial charge < -0.3 is 14.5 Å². The highest BCUT2D eigenvalue weighted by molar-refractivity contribution is 4.68. The molecular weight excluding hydrogens is 262 g/mol. The second-order valence-corrected chi connectivity index (χ2v) is 6.57. The summed E-state index contributed by atoms with van der Waals surface area (Å²) in [5.41, 5.74) is 0. The zero-order chi connectivity index (χ0) is 15.5. The number of piperazine rings is 1. The fraction of sp³-hybridized carbons (Fsp3) is 1.00. The second-order valence-electron chi connectivity index (χ2n) is 6.57. The topological polar surface area (TPSA) is 19.0 Å². The summed E-state index contributed by atoms with van der Waals surface area (Å²) in [5.74, 6) is 0.924. The van der Waals surface area contributed by atoms with Gasteiger partial charge in [-0.05, 0) is 45.7 Å². The lowest BCUT2D eigenvalue weighted by Gasteiger charge is -2.31. The van der Waals surface area contributed by atoms with Crippen LogP contribution in [0.2, 0.25) is 0 Å². The Labute approximate surface area is 132 Å². The van der Waals surface area contributed by atoms with E-state index in [2.05, 4.69) is 35.6 Å². The average Bonchev–Trinajstić information content (AvgIpc) is 2.50. The molecule has 2 rings (SSSR count). The van der Waals surface area contributed by atoms with Crippen LogP contribution in [0.1, 0.15) is 40.0 Å². The van der Waals surface area contributed by atoms with Crippen molar-refractivity contribution in [1.82, 2.24) is 14.7 Å². The molecule has 0 aromatic carbocycles. The van der Waals surface area contributed by atoms with Crippen LogP contribution >= 0.6 is 0 Å². The summed E-state index contributed by atoms with van der Waals surface area (Å²) in [6.07, 6.45) is 3.98. The van der Waals surface area contributed by atoms with Gasteiger partial charge in [-0.15, -0.1) is 0 Å². The predicted octanol–water partition coefficient (Wildman–Crippen LogP) is 2.36.